The lowest BCUT2D eigenvalue weighted by atomic mass is 9.86. The van der Waals surface area contributed by atoms with Crippen molar-refractivity contribution in [3.8, 4) is 23.0 Å². The van der Waals surface area contributed by atoms with Gasteiger partial charge in [0, 0.05) is 0 Å². The van der Waals surface area contributed by atoms with Crippen LogP contribution in [0.4, 0.5) is 0 Å². The van der Waals surface area contributed by atoms with E-state index in [9.17, 15) is 60.0 Å². The van der Waals surface area contributed by atoms with Gasteiger partial charge in [-0.15, -0.1) is 0 Å². The molecule has 0 saturated heterocycles. The van der Waals surface area contributed by atoms with Crippen LogP contribution in [0, 0.1) is 47.3 Å². The summed E-state index contributed by atoms with van der Waals surface area (Å²) >= 11 is 0. The zero-order chi connectivity index (χ0) is 75.3. The number of phenols is 4. The fraction of sp³-hybridized carbons (Fsp3) is 0.596. The number of rotatable bonds is 48. The monoisotopic (exact) mass is 1400 g/mol. The van der Waals surface area contributed by atoms with E-state index in [0.29, 0.717) is 71.6 Å². The van der Waals surface area contributed by atoms with Crippen molar-refractivity contribution in [3.05, 3.63) is 144 Å². The number of hydrogen-bond acceptors (Lipinski definition) is 8. The number of aliphatic carboxylic acids is 4. The molecule has 0 aliphatic heterocycles. The highest BCUT2D eigenvalue weighted by Crippen LogP contribution is 2.37. The van der Waals surface area contributed by atoms with Crippen molar-refractivity contribution >= 4 is 46.2 Å². The molecule has 0 radical (unpaired) electrons. The van der Waals surface area contributed by atoms with Crippen LogP contribution in [0.2, 0.25) is 0 Å². The maximum atomic E-state index is 11.8. The Morgan fingerprint density at radius 2 is 0.455 bits per heavy atom. The lowest BCUT2D eigenvalue weighted by Gasteiger charge is -2.19. The minimum atomic E-state index is -0.809. The van der Waals surface area contributed by atoms with E-state index in [-0.39, 0.29) is 30.4 Å². The van der Waals surface area contributed by atoms with Gasteiger partial charge < -0.3 is 40.9 Å². The van der Waals surface area contributed by atoms with Crippen LogP contribution in [0.5, 0.6) is 23.0 Å². The third kappa shape index (κ3) is 36.6. The van der Waals surface area contributed by atoms with E-state index in [1.165, 1.54) is 51.4 Å². The second kappa shape index (κ2) is 53.7. The van der Waals surface area contributed by atoms with Crippen molar-refractivity contribution in [1.29, 1.82) is 0 Å². The molecule has 0 fully saturated rings. The largest absolute Gasteiger partial charge is 0.508 e. The summed E-state index contributed by atoms with van der Waals surface area (Å²) in [6.07, 6.45) is 31.5. The number of phenolic OH excluding ortho intramolecular Hbond substituents is 4. The third-order valence-corrected chi connectivity index (χ3v) is 19.9. The molecule has 8 N–H and O–H groups in total. The van der Waals surface area contributed by atoms with Gasteiger partial charge in [-0.3, -0.25) is 19.2 Å². The first-order valence-corrected chi connectivity index (χ1v) is 38.6. The molecule has 568 valence electrons. The van der Waals surface area contributed by atoms with Crippen molar-refractivity contribution in [1.82, 2.24) is 0 Å². The molecule has 12 heteroatoms. The Kier molecular flexibility index (Phi) is 49.9. The molecule has 0 spiro atoms. The van der Waals surface area contributed by atoms with Crippen LogP contribution in [0.1, 0.15) is 315 Å². The first-order valence-electron chi connectivity index (χ1n) is 38.6. The molecule has 8 atom stereocenters. The number of hydrogen-bond donors (Lipinski definition) is 8. The average Bonchev–Trinajstić information content (AvgIpc) is 0.861. The van der Waals surface area contributed by atoms with E-state index in [1.807, 2.05) is 24.3 Å². The summed E-state index contributed by atoms with van der Waals surface area (Å²) in [7, 11) is 0. The van der Waals surface area contributed by atoms with Gasteiger partial charge >= 0.3 is 23.9 Å². The van der Waals surface area contributed by atoms with Gasteiger partial charge in [0.05, 0.1) is 23.7 Å². The van der Waals surface area contributed by atoms with Gasteiger partial charge in [0.15, 0.2) is 0 Å². The van der Waals surface area contributed by atoms with Crippen LogP contribution < -0.4 is 0 Å². The molecule has 0 heterocycles. The number of carbonyl (C=O) groups is 4. The molecule has 4 aromatic rings. The first-order chi connectivity index (χ1) is 47.6. The number of carboxylic acid groups (broad SMARTS) is 4. The zero-order valence-electron chi connectivity index (χ0n) is 64.2. The molecule has 8 unspecified atom stereocenters. The average molecular weight is 1400 g/mol. The molecular weight excluding hydrogens is 1260 g/mol. The minimum Gasteiger partial charge on any atom is -0.508 e. The van der Waals surface area contributed by atoms with E-state index in [2.05, 4.69) is 109 Å². The molecule has 0 aromatic heterocycles. The molecule has 0 bridgehead atoms. The normalized spacial score (nSPS) is 13.3. The van der Waals surface area contributed by atoms with Gasteiger partial charge in [-0.1, -0.05) is 244 Å². The van der Waals surface area contributed by atoms with Gasteiger partial charge in [0.2, 0.25) is 0 Å². The fourth-order valence-corrected chi connectivity index (χ4v) is 12.6. The molecule has 101 heavy (non-hydrogen) atoms. The molecule has 0 aliphatic carbocycles. The zero-order valence-corrected chi connectivity index (χ0v) is 64.2. The van der Waals surface area contributed by atoms with E-state index >= 15 is 0 Å². The van der Waals surface area contributed by atoms with E-state index in [1.54, 1.807) is 48.5 Å². The summed E-state index contributed by atoms with van der Waals surface area (Å²) in [5.41, 5.74) is 9.41. The summed E-state index contributed by atoms with van der Waals surface area (Å²) in [5.74, 6) is -2.21. The predicted molar refractivity (Wildman–Crippen MR) is 426 cm³/mol. The first kappa shape index (κ1) is 93.9. The van der Waals surface area contributed by atoms with E-state index in [4.69, 9.17) is 0 Å². The van der Waals surface area contributed by atoms with Crippen LogP contribution in [-0.4, -0.2) is 64.7 Å². The number of carboxylic acids is 4. The van der Waals surface area contributed by atoms with Crippen LogP contribution >= 0.6 is 0 Å². The van der Waals surface area contributed by atoms with Gasteiger partial charge in [0.25, 0.3) is 0 Å². The van der Waals surface area contributed by atoms with Gasteiger partial charge in [-0.05, 0) is 242 Å². The highest BCUT2D eigenvalue weighted by molar-refractivity contribution is 5.89. The number of benzene rings is 4. The molecule has 0 saturated carbocycles. The van der Waals surface area contributed by atoms with E-state index < -0.39 is 47.5 Å². The number of aromatic hydroxyl groups is 4. The number of unbranched alkanes of at least 4 members (excludes halogenated alkanes) is 8. The van der Waals surface area contributed by atoms with Crippen LogP contribution in [0.3, 0.4) is 0 Å². The standard InChI is InChI=1S/4C22H34O3.CH4/c4*1-5-7-9-16(3)11-13-20(22(24)25)17(4)18-12-14-21(23)19(15-18)10-8-6-2;/h4*12,14-16,20,23H,4-11,13H2,1-3H3,(H,24,25);1H4. The summed E-state index contributed by atoms with van der Waals surface area (Å²) in [6, 6.07) is 21.4. The lowest BCUT2D eigenvalue weighted by molar-refractivity contribution is -0.140. The highest BCUT2D eigenvalue weighted by atomic mass is 16.4. The van der Waals surface area contributed by atoms with Gasteiger partial charge in [0.1, 0.15) is 23.0 Å². The maximum Gasteiger partial charge on any atom is 0.310 e. The quantitative estimate of drug-likeness (QED) is 0.0207. The molecule has 4 rings (SSSR count). The number of aryl methyl sites for hydroxylation is 4. The molecule has 0 aliphatic rings. The van der Waals surface area contributed by atoms with Gasteiger partial charge in [-0.25, -0.2) is 0 Å². The van der Waals surface area contributed by atoms with Crippen LogP contribution in [-0.2, 0) is 44.9 Å². The predicted octanol–water partition coefficient (Wildman–Crippen LogP) is 24.9. The third-order valence-electron chi connectivity index (χ3n) is 19.9. The topological polar surface area (TPSA) is 230 Å². The molecule has 4 aromatic carbocycles. The Morgan fingerprint density at radius 3 is 0.604 bits per heavy atom. The Morgan fingerprint density at radius 1 is 0.287 bits per heavy atom. The van der Waals surface area contributed by atoms with E-state index in [0.717, 1.165) is 173 Å². The summed E-state index contributed by atoms with van der Waals surface area (Å²) in [6.45, 7) is 42.2. The highest BCUT2D eigenvalue weighted by Gasteiger charge is 2.28. The van der Waals surface area contributed by atoms with Crippen molar-refractivity contribution in [3.63, 3.8) is 0 Å². The van der Waals surface area contributed by atoms with Crippen molar-refractivity contribution in [2.45, 2.75) is 296 Å². The molecule has 12 nitrogen and oxygen atoms in total. The Hall–Kier alpha value is -7.08. The Labute approximate surface area is 613 Å². The summed E-state index contributed by atoms with van der Waals surface area (Å²) in [5, 5.41) is 78.6. The van der Waals surface area contributed by atoms with Gasteiger partial charge in [-0.2, -0.15) is 0 Å². The SMILES string of the molecule is C.C=C(c1ccc(O)c(CCCC)c1)C(CCC(C)CCCC)C(=O)O.C=C(c1ccc(O)c(CCCC)c1)C(CCC(C)CCCC)C(=O)O.C=C(c1ccc(O)c(CCCC)c1)C(CCC(C)CCCC)C(=O)O.C=C(c1ccc(O)c(CCCC)c1)C(CCC(C)CCCC)C(=O)O. The Balaban J connectivity index is 0.00000132. The minimum absolute atomic E-state index is 0. The summed E-state index contributed by atoms with van der Waals surface area (Å²) in [4.78, 5) is 47.0. The second-order valence-corrected chi connectivity index (χ2v) is 28.8. The lowest BCUT2D eigenvalue weighted by Crippen LogP contribution is -2.16. The maximum absolute atomic E-state index is 11.8. The Bertz CT molecular complexity index is 2660. The smallest absolute Gasteiger partial charge is 0.310 e. The molecular formula is C89H140O12. The summed E-state index contributed by atoms with van der Waals surface area (Å²) < 4.78 is 0. The van der Waals surface area contributed by atoms with Crippen LogP contribution in [0.15, 0.2) is 99.1 Å². The van der Waals surface area contributed by atoms with Crippen LogP contribution in [0.25, 0.3) is 22.3 Å². The van der Waals surface area contributed by atoms with Crippen molar-refractivity contribution in [2.75, 3.05) is 0 Å². The van der Waals surface area contributed by atoms with Crippen molar-refractivity contribution < 1.29 is 60.0 Å². The fourth-order valence-electron chi connectivity index (χ4n) is 12.6. The second-order valence-electron chi connectivity index (χ2n) is 28.8. The molecule has 0 amide bonds. The van der Waals surface area contributed by atoms with Crippen molar-refractivity contribution in [2.24, 2.45) is 47.3 Å².